The standard InChI is InChI=1S/C30H35BrN6O6/c1-4-42-18-11-9-17(10-12-18)33-27(39)23-24-29(41)37(22(14-38)16(2)3)26(30(24)13-19(31)25(23)43-30)28(40)32-15-36-21-8-6-5-7-20(21)34-35-36/h5-12,16,19,22-26,38H,4,13-15H2,1-3H3,(H,32,40)(H,33,39)/t19?,22-,23-,24-,25-,26?,30?/m0/s1. The molecule has 3 N–H and O–H groups in total. The van der Waals surface area contributed by atoms with Crippen molar-refractivity contribution in [1.82, 2.24) is 25.2 Å². The van der Waals surface area contributed by atoms with Gasteiger partial charge in [0.25, 0.3) is 0 Å². The van der Waals surface area contributed by atoms with Gasteiger partial charge in [-0.25, -0.2) is 4.68 Å². The minimum Gasteiger partial charge on any atom is -0.494 e. The Hall–Kier alpha value is -3.55. The van der Waals surface area contributed by atoms with Gasteiger partial charge in [0, 0.05) is 10.5 Å². The molecule has 6 rings (SSSR count). The van der Waals surface area contributed by atoms with E-state index in [1.54, 1.807) is 28.9 Å². The largest absolute Gasteiger partial charge is 0.494 e. The first kappa shape index (κ1) is 29.5. The number of hydrogen-bond donors (Lipinski definition) is 3. The lowest BCUT2D eigenvalue weighted by molar-refractivity contribution is -0.146. The second-order valence-corrected chi connectivity index (χ2v) is 12.8. The van der Waals surface area contributed by atoms with Gasteiger partial charge < -0.3 is 30.1 Å². The second-order valence-electron chi connectivity index (χ2n) is 11.6. The number of amides is 3. The number of likely N-dealkylation sites (tertiary alicyclic amines) is 1. The molecule has 2 aromatic carbocycles. The normalized spacial score (nSPS) is 28.4. The van der Waals surface area contributed by atoms with Crippen LogP contribution < -0.4 is 15.4 Å². The first-order chi connectivity index (χ1) is 20.7. The Kier molecular flexibility index (Phi) is 7.90. The van der Waals surface area contributed by atoms with Crippen molar-refractivity contribution in [2.75, 3.05) is 18.5 Å². The number of halogens is 1. The molecule has 4 heterocycles. The van der Waals surface area contributed by atoms with E-state index in [4.69, 9.17) is 9.47 Å². The van der Waals surface area contributed by atoms with Crippen molar-refractivity contribution in [3.63, 3.8) is 0 Å². The van der Waals surface area contributed by atoms with Crippen LogP contribution in [0.4, 0.5) is 5.69 Å². The molecule has 0 saturated carbocycles. The zero-order valence-electron chi connectivity index (χ0n) is 24.1. The lowest BCUT2D eigenvalue weighted by atomic mass is 9.70. The molecule has 0 radical (unpaired) electrons. The van der Waals surface area contributed by atoms with Gasteiger partial charge in [0.1, 0.15) is 29.6 Å². The minimum absolute atomic E-state index is 0.0208. The Morgan fingerprint density at radius 1 is 1.19 bits per heavy atom. The maximum atomic E-state index is 14.3. The van der Waals surface area contributed by atoms with Gasteiger partial charge in [-0.3, -0.25) is 14.4 Å². The van der Waals surface area contributed by atoms with E-state index in [1.165, 1.54) is 4.90 Å². The van der Waals surface area contributed by atoms with E-state index < -0.39 is 41.5 Å². The molecule has 228 valence electrons. The number of benzene rings is 2. The van der Waals surface area contributed by atoms with Gasteiger partial charge >= 0.3 is 0 Å². The van der Waals surface area contributed by atoms with Crippen LogP contribution in [0, 0.1) is 17.8 Å². The number of hydrogen-bond acceptors (Lipinski definition) is 8. The smallest absolute Gasteiger partial charge is 0.247 e. The number of alkyl halides is 1. The number of aromatic nitrogens is 3. The average molecular weight is 656 g/mol. The highest BCUT2D eigenvalue weighted by Gasteiger charge is 2.77. The fraction of sp³-hybridized carbons (Fsp3) is 0.500. The molecule has 3 amide bonds. The molecular formula is C30H35BrN6O6. The predicted octanol–water partition coefficient (Wildman–Crippen LogP) is 2.31. The molecule has 2 bridgehead atoms. The van der Waals surface area contributed by atoms with Gasteiger partial charge in [-0.15, -0.1) is 5.10 Å². The molecule has 3 unspecified atom stereocenters. The van der Waals surface area contributed by atoms with E-state index in [2.05, 4.69) is 36.9 Å². The van der Waals surface area contributed by atoms with Crippen LogP contribution in [-0.4, -0.2) is 84.6 Å². The van der Waals surface area contributed by atoms with E-state index in [0.717, 1.165) is 5.52 Å². The lowest BCUT2D eigenvalue weighted by Crippen LogP contribution is -2.59. The van der Waals surface area contributed by atoms with Crippen LogP contribution in [0.25, 0.3) is 11.0 Å². The summed E-state index contributed by atoms with van der Waals surface area (Å²) in [5.74, 6) is -2.39. The molecule has 3 aliphatic heterocycles. The molecule has 1 aromatic heterocycles. The number of carbonyl (C=O) groups excluding carboxylic acids is 3. The number of para-hydroxylation sites is 1. The number of nitrogens with one attached hydrogen (secondary N) is 2. The van der Waals surface area contributed by atoms with Crippen LogP contribution >= 0.6 is 15.9 Å². The molecule has 1 spiro atoms. The molecule has 3 aromatic rings. The van der Waals surface area contributed by atoms with E-state index in [0.29, 0.717) is 30.0 Å². The lowest BCUT2D eigenvalue weighted by Gasteiger charge is -2.38. The summed E-state index contributed by atoms with van der Waals surface area (Å²) >= 11 is 3.69. The SMILES string of the molecule is CCOc1ccc(NC(=O)[C@H]2[C@H]3C(=O)N([C@@H](CO)C(C)C)C(C(=O)NCn4nnc5ccccc54)C34CC(Br)[C@@H]2O4)cc1. The Bertz CT molecular complexity index is 1530. The van der Waals surface area contributed by atoms with Crippen molar-refractivity contribution >= 4 is 50.4 Å². The van der Waals surface area contributed by atoms with Crippen molar-refractivity contribution in [3.8, 4) is 5.75 Å². The van der Waals surface area contributed by atoms with Gasteiger partial charge in [-0.2, -0.15) is 0 Å². The van der Waals surface area contributed by atoms with E-state index in [1.807, 2.05) is 45.0 Å². The fourth-order valence-corrected chi connectivity index (χ4v) is 7.90. The zero-order chi connectivity index (χ0) is 30.5. The maximum absolute atomic E-state index is 14.3. The number of aliphatic hydroxyl groups is 1. The fourth-order valence-electron chi connectivity index (χ4n) is 6.95. The summed E-state index contributed by atoms with van der Waals surface area (Å²) in [5.41, 5.74) is 0.740. The third-order valence-corrected chi connectivity index (χ3v) is 9.69. The van der Waals surface area contributed by atoms with Crippen LogP contribution in [0.5, 0.6) is 5.75 Å². The predicted molar refractivity (Wildman–Crippen MR) is 160 cm³/mol. The third kappa shape index (κ3) is 4.87. The summed E-state index contributed by atoms with van der Waals surface area (Å²) in [4.78, 5) is 43.4. The number of rotatable bonds is 10. The van der Waals surface area contributed by atoms with Gasteiger partial charge in [0.05, 0.1) is 42.7 Å². The van der Waals surface area contributed by atoms with Gasteiger partial charge in [-0.1, -0.05) is 47.1 Å². The second kappa shape index (κ2) is 11.5. The summed E-state index contributed by atoms with van der Waals surface area (Å²) < 4.78 is 13.6. The zero-order valence-corrected chi connectivity index (χ0v) is 25.7. The summed E-state index contributed by atoms with van der Waals surface area (Å²) in [6.07, 6.45) is -0.252. The van der Waals surface area contributed by atoms with Crippen molar-refractivity contribution in [3.05, 3.63) is 48.5 Å². The Morgan fingerprint density at radius 2 is 1.93 bits per heavy atom. The monoisotopic (exact) mass is 654 g/mol. The molecule has 7 atom stereocenters. The molecule has 3 fully saturated rings. The van der Waals surface area contributed by atoms with Gasteiger partial charge in [0.2, 0.25) is 17.7 Å². The van der Waals surface area contributed by atoms with Crippen molar-refractivity contribution in [2.24, 2.45) is 17.8 Å². The number of aliphatic hydroxyl groups excluding tert-OH is 1. The highest BCUT2D eigenvalue weighted by atomic mass is 79.9. The van der Waals surface area contributed by atoms with E-state index in [-0.39, 0.29) is 35.8 Å². The summed E-state index contributed by atoms with van der Waals surface area (Å²) in [7, 11) is 0. The third-order valence-electron chi connectivity index (χ3n) is 8.85. The van der Waals surface area contributed by atoms with Crippen LogP contribution in [-0.2, 0) is 25.8 Å². The molecule has 3 saturated heterocycles. The molecule has 43 heavy (non-hydrogen) atoms. The number of carbonyl (C=O) groups is 3. The number of anilines is 1. The number of nitrogens with zero attached hydrogens (tertiary/aromatic N) is 4. The van der Waals surface area contributed by atoms with Crippen molar-refractivity contribution in [1.29, 1.82) is 0 Å². The quantitative estimate of drug-likeness (QED) is 0.282. The number of fused-ring (bicyclic) bond motifs is 2. The van der Waals surface area contributed by atoms with Crippen LogP contribution in [0.2, 0.25) is 0 Å². The minimum atomic E-state index is -1.26. The molecule has 13 heteroatoms. The van der Waals surface area contributed by atoms with Gasteiger partial charge in [-0.05, 0) is 55.7 Å². The summed E-state index contributed by atoms with van der Waals surface area (Å²) in [6, 6.07) is 12.7. The molecule has 3 aliphatic rings. The summed E-state index contributed by atoms with van der Waals surface area (Å²) in [6.45, 7) is 5.87. The molecule has 0 aliphatic carbocycles. The van der Waals surface area contributed by atoms with Crippen LogP contribution in [0.15, 0.2) is 48.5 Å². The van der Waals surface area contributed by atoms with Crippen molar-refractivity contribution in [2.45, 2.75) is 62.5 Å². The van der Waals surface area contributed by atoms with Crippen LogP contribution in [0.1, 0.15) is 27.2 Å². The average Bonchev–Trinajstić information content (AvgIpc) is 3.71. The van der Waals surface area contributed by atoms with E-state index >= 15 is 0 Å². The molecular weight excluding hydrogens is 620 g/mol. The highest BCUT2D eigenvalue weighted by molar-refractivity contribution is 9.09. The van der Waals surface area contributed by atoms with Crippen molar-refractivity contribution < 1.29 is 29.0 Å². The number of ether oxygens (including phenoxy) is 2. The maximum Gasteiger partial charge on any atom is 0.247 e. The van der Waals surface area contributed by atoms with Gasteiger partial charge in [0.15, 0.2) is 0 Å². The highest BCUT2D eigenvalue weighted by Crippen LogP contribution is 2.60. The Morgan fingerprint density at radius 3 is 2.63 bits per heavy atom. The Labute approximate surface area is 257 Å². The summed E-state index contributed by atoms with van der Waals surface area (Å²) in [5, 5.41) is 24.6. The molecule has 12 nitrogen and oxygen atoms in total. The van der Waals surface area contributed by atoms with Crippen LogP contribution in [0.3, 0.4) is 0 Å². The first-order valence-electron chi connectivity index (χ1n) is 14.5. The first-order valence-corrected chi connectivity index (χ1v) is 15.5. The topological polar surface area (TPSA) is 148 Å². The Balaban J connectivity index is 1.31. The van der Waals surface area contributed by atoms with E-state index in [9.17, 15) is 19.5 Å².